The molecule has 0 atom stereocenters. The second-order valence-corrected chi connectivity index (χ2v) is 6.19. The number of aromatic nitrogens is 1. The van der Waals surface area contributed by atoms with Gasteiger partial charge in [-0.15, -0.1) is 12.4 Å². The summed E-state index contributed by atoms with van der Waals surface area (Å²) in [5.74, 6) is 0. The highest BCUT2D eigenvalue weighted by Crippen LogP contribution is 2.11. The summed E-state index contributed by atoms with van der Waals surface area (Å²) < 4.78 is 2.37. The van der Waals surface area contributed by atoms with Gasteiger partial charge in [-0.3, -0.25) is 0 Å². The third-order valence-electron chi connectivity index (χ3n) is 4.12. The molecule has 0 aliphatic heterocycles. The first-order chi connectivity index (χ1) is 9.86. The molecule has 0 unspecified atom stereocenters. The standard InChI is InChI=1S/C19H35N.ClH/c1-3-5-6-7-8-9-10-11-12-13-16-20-17-15-19(18-20)14-4-2;/h15,17-18H,3-14,16H2,1-2H3;1H. The zero-order valence-corrected chi connectivity index (χ0v) is 15.1. The van der Waals surface area contributed by atoms with E-state index in [1.807, 2.05) is 0 Å². The van der Waals surface area contributed by atoms with Gasteiger partial charge in [0.1, 0.15) is 0 Å². The van der Waals surface area contributed by atoms with Crippen molar-refractivity contribution in [1.29, 1.82) is 0 Å². The maximum Gasteiger partial charge on any atom is 0.0219 e. The van der Waals surface area contributed by atoms with Crippen LogP contribution in [0.15, 0.2) is 18.5 Å². The molecule has 1 aromatic rings. The Bertz CT molecular complexity index is 319. The highest BCUT2D eigenvalue weighted by molar-refractivity contribution is 5.85. The number of hydrogen-bond donors (Lipinski definition) is 0. The largest absolute Gasteiger partial charge is 0.354 e. The van der Waals surface area contributed by atoms with Crippen LogP contribution in [0.3, 0.4) is 0 Å². The van der Waals surface area contributed by atoms with Gasteiger partial charge >= 0.3 is 0 Å². The van der Waals surface area contributed by atoms with Crippen LogP contribution in [0, 0.1) is 0 Å². The Morgan fingerprint density at radius 2 is 1.33 bits per heavy atom. The van der Waals surface area contributed by atoms with Crippen LogP contribution in [-0.2, 0) is 13.0 Å². The molecule has 1 nitrogen and oxygen atoms in total. The number of unbranched alkanes of at least 4 members (excludes halogenated alkanes) is 9. The first-order valence-electron chi connectivity index (χ1n) is 9.01. The first kappa shape index (κ1) is 20.6. The average Bonchev–Trinajstić information content (AvgIpc) is 2.89. The molecule has 0 aromatic carbocycles. The predicted octanol–water partition coefficient (Wildman–Crippen LogP) is 6.78. The lowest BCUT2D eigenvalue weighted by Crippen LogP contribution is -1.94. The smallest absolute Gasteiger partial charge is 0.0219 e. The fourth-order valence-electron chi connectivity index (χ4n) is 2.85. The van der Waals surface area contributed by atoms with Crippen LogP contribution >= 0.6 is 12.4 Å². The third kappa shape index (κ3) is 10.9. The molecular weight excluding hydrogens is 278 g/mol. The van der Waals surface area contributed by atoms with Gasteiger partial charge in [0.25, 0.3) is 0 Å². The van der Waals surface area contributed by atoms with E-state index in [4.69, 9.17) is 0 Å². The maximum atomic E-state index is 2.37. The minimum absolute atomic E-state index is 0. The summed E-state index contributed by atoms with van der Waals surface area (Å²) in [5.41, 5.74) is 1.50. The number of halogens is 1. The lowest BCUT2D eigenvalue weighted by atomic mass is 10.1. The zero-order chi connectivity index (χ0) is 14.5. The van der Waals surface area contributed by atoms with Crippen molar-refractivity contribution in [2.24, 2.45) is 0 Å². The fraction of sp³-hybridized carbons (Fsp3) is 0.789. The summed E-state index contributed by atoms with van der Waals surface area (Å²) in [5, 5.41) is 0. The minimum Gasteiger partial charge on any atom is -0.354 e. The highest BCUT2D eigenvalue weighted by Gasteiger charge is 1.96. The SMILES string of the molecule is CCCCCCCCCCCCn1ccc(CCC)c1.Cl. The van der Waals surface area contributed by atoms with Gasteiger partial charge in [0.2, 0.25) is 0 Å². The molecule has 0 fully saturated rings. The van der Waals surface area contributed by atoms with Crippen LogP contribution in [0.5, 0.6) is 0 Å². The molecule has 0 N–H and O–H groups in total. The van der Waals surface area contributed by atoms with Crippen molar-refractivity contribution < 1.29 is 0 Å². The highest BCUT2D eigenvalue weighted by atomic mass is 35.5. The molecule has 0 saturated heterocycles. The maximum absolute atomic E-state index is 2.37. The van der Waals surface area contributed by atoms with E-state index in [2.05, 4.69) is 36.9 Å². The second kappa shape index (κ2) is 14.5. The molecule has 1 aromatic heterocycles. The quantitative estimate of drug-likeness (QED) is 0.353. The Morgan fingerprint density at radius 3 is 1.90 bits per heavy atom. The molecule has 0 amide bonds. The van der Waals surface area contributed by atoms with Gasteiger partial charge in [0.05, 0.1) is 0 Å². The fourth-order valence-corrected chi connectivity index (χ4v) is 2.85. The van der Waals surface area contributed by atoms with Gasteiger partial charge < -0.3 is 4.57 Å². The van der Waals surface area contributed by atoms with Gasteiger partial charge in [-0.2, -0.15) is 0 Å². The molecule has 124 valence electrons. The molecular formula is C19H36ClN. The lowest BCUT2D eigenvalue weighted by Gasteiger charge is -2.04. The average molecular weight is 314 g/mol. The van der Waals surface area contributed by atoms with Gasteiger partial charge in [-0.25, -0.2) is 0 Å². The predicted molar refractivity (Wildman–Crippen MR) is 97.5 cm³/mol. The van der Waals surface area contributed by atoms with E-state index in [1.54, 1.807) is 0 Å². The Morgan fingerprint density at radius 1 is 0.762 bits per heavy atom. The number of hydrogen-bond acceptors (Lipinski definition) is 0. The Labute approximate surface area is 138 Å². The molecule has 0 aliphatic carbocycles. The lowest BCUT2D eigenvalue weighted by molar-refractivity contribution is 0.535. The number of aryl methyl sites for hydroxylation is 2. The molecule has 0 bridgehead atoms. The summed E-state index contributed by atoms with van der Waals surface area (Å²) in [6.07, 6.45) is 21.3. The van der Waals surface area contributed by atoms with Crippen LogP contribution < -0.4 is 0 Å². The van der Waals surface area contributed by atoms with E-state index in [1.165, 1.54) is 89.2 Å². The molecule has 0 spiro atoms. The number of rotatable bonds is 13. The van der Waals surface area contributed by atoms with E-state index in [0.717, 1.165) is 0 Å². The molecule has 1 heterocycles. The Hall–Kier alpha value is -0.430. The summed E-state index contributed by atoms with van der Waals surface area (Å²) in [6, 6.07) is 2.28. The summed E-state index contributed by atoms with van der Waals surface area (Å²) in [7, 11) is 0. The van der Waals surface area contributed by atoms with Crippen molar-refractivity contribution >= 4 is 12.4 Å². The molecule has 2 heteroatoms. The second-order valence-electron chi connectivity index (χ2n) is 6.19. The van der Waals surface area contributed by atoms with E-state index in [-0.39, 0.29) is 12.4 Å². The van der Waals surface area contributed by atoms with E-state index in [0.29, 0.717) is 0 Å². The van der Waals surface area contributed by atoms with Crippen LogP contribution in [0.25, 0.3) is 0 Å². The van der Waals surface area contributed by atoms with Gasteiger partial charge in [0, 0.05) is 18.9 Å². The first-order valence-corrected chi connectivity index (χ1v) is 9.01. The van der Waals surface area contributed by atoms with E-state index >= 15 is 0 Å². The molecule has 0 saturated carbocycles. The summed E-state index contributed by atoms with van der Waals surface area (Å²) in [4.78, 5) is 0. The Balaban J connectivity index is 0.00000400. The monoisotopic (exact) mass is 313 g/mol. The molecule has 0 radical (unpaired) electrons. The topological polar surface area (TPSA) is 4.93 Å². The minimum atomic E-state index is 0. The van der Waals surface area contributed by atoms with Crippen molar-refractivity contribution in [2.75, 3.05) is 0 Å². The van der Waals surface area contributed by atoms with Crippen LogP contribution in [0.2, 0.25) is 0 Å². The van der Waals surface area contributed by atoms with Crippen LogP contribution in [0.4, 0.5) is 0 Å². The normalized spacial score (nSPS) is 10.6. The van der Waals surface area contributed by atoms with E-state index in [9.17, 15) is 0 Å². The van der Waals surface area contributed by atoms with Crippen molar-refractivity contribution in [1.82, 2.24) is 4.57 Å². The van der Waals surface area contributed by atoms with E-state index < -0.39 is 0 Å². The zero-order valence-electron chi connectivity index (χ0n) is 14.3. The summed E-state index contributed by atoms with van der Waals surface area (Å²) in [6.45, 7) is 5.75. The Kier molecular flexibility index (Phi) is 14.2. The van der Waals surface area contributed by atoms with Crippen molar-refractivity contribution in [3.8, 4) is 0 Å². The van der Waals surface area contributed by atoms with Crippen LogP contribution in [-0.4, -0.2) is 4.57 Å². The summed E-state index contributed by atoms with van der Waals surface area (Å²) >= 11 is 0. The van der Waals surface area contributed by atoms with Crippen molar-refractivity contribution in [3.05, 3.63) is 24.0 Å². The number of nitrogens with zero attached hydrogens (tertiary/aromatic N) is 1. The van der Waals surface area contributed by atoms with Gasteiger partial charge in [0.15, 0.2) is 0 Å². The van der Waals surface area contributed by atoms with Crippen molar-refractivity contribution in [3.63, 3.8) is 0 Å². The molecule has 1 rings (SSSR count). The molecule has 21 heavy (non-hydrogen) atoms. The molecule has 0 aliphatic rings. The van der Waals surface area contributed by atoms with Gasteiger partial charge in [-0.05, 0) is 24.5 Å². The van der Waals surface area contributed by atoms with Crippen molar-refractivity contribution in [2.45, 2.75) is 97.4 Å². The third-order valence-corrected chi connectivity index (χ3v) is 4.12. The van der Waals surface area contributed by atoms with Gasteiger partial charge in [-0.1, -0.05) is 78.1 Å². The van der Waals surface area contributed by atoms with Crippen LogP contribution in [0.1, 0.15) is 90.0 Å².